The van der Waals surface area contributed by atoms with Gasteiger partial charge in [0.15, 0.2) is 0 Å². The molecule has 3 heteroatoms. The standard InChI is InChI=1S/C10H20BrNO/c1-4-5-6-7-9(13)12-10(2,3)8-11/h4-8H2,1-3H3,(H,12,13). The monoisotopic (exact) mass is 249 g/mol. The Hall–Kier alpha value is -0.0500. The normalized spacial score (nSPS) is 11.4. The molecule has 0 saturated carbocycles. The van der Waals surface area contributed by atoms with Crippen LogP contribution in [-0.2, 0) is 4.79 Å². The second-order valence-corrected chi connectivity index (χ2v) is 4.58. The fourth-order valence-corrected chi connectivity index (χ4v) is 1.15. The lowest BCUT2D eigenvalue weighted by atomic mass is 10.1. The molecule has 0 aromatic rings. The maximum absolute atomic E-state index is 11.4. The van der Waals surface area contributed by atoms with E-state index in [0.717, 1.165) is 24.6 Å². The molecule has 1 N–H and O–H groups in total. The van der Waals surface area contributed by atoms with E-state index in [1.165, 1.54) is 0 Å². The molecule has 0 saturated heterocycles. The van der Waals surface area contributed by atoms with Crippen molar-refractivity contribution >= 4 is 21.8 Å². The molecule has 0 bridgehead atoms. The molecule has 0 spiro atoms. The molecule has 0 aliphatic carbocycles. The van der Waals surface area contributed by atoms with E-state index >= 15 is 0 Å². The fraction of sp³-hybridized carbons (Fsp3) is 0.900. The number of hydrogen-bond donors (Lipinski definition) is 1. The zero-order valence-corrected chi connectivity index (χ0v) is 10.4. The van der Waals surface area contributed by atoms with E-state index in [9.17, 15) is 4.79 Å². The molecular formula is C10H20BrNO. The number of alkyl halides is 1. The van der Waals surface area contributed by atoms with Crippen LogP contribution in [0.5, 0.6) is 0 Å². The molecule has 0 heterocycles. The van der Waals surface area contributed by atoms with Gasteiger partial charge in [0.1, 0.15) is 0 Å². The predicted octanol–water partition coefficient (Wildman–Crippen LogP) is 2.86. The van der Waals surface area contributed by atoms with E-state index in [1.807, 2.05) is 13.8 Å². The summed E-state index contributed by atoms with van der Waals surface area (Å²) in [4.78, 5) is 11.4. The van der Waals surface area contributed by atoms with Crippen molar-refractivity contribution in [2.45, 2.75) is 52.0 Å². The third kappa shape index (κ3) is 7.05. The Morgan fingerprint density at radius 3 is 2.46 bits per heavy atom. The quantitative estimate of drug-likeness (QED) is 0.570. The van der Waals surface area contributed by atoms with Crippen LogP contribution in [0, 0.1) is 0 Å². The molecule has 0 aliphatic heterocycles. The lowest BCUT2D eigenvalue weighted by Gasteiger charge is -2.23. The summed E-state index contributed by atoms with van der Waals surface area (Å²) in [5.74, 6) is 0.165. The van der Waals surface area contributed by atoms with Gasteiger partial charge in [-0.15, -0.1) is 0 Å². The minimum Gasteiger partial charge on any atom is -0.350 e. The molecule has 13 heavy (non-hydrogen) atoms. The highest BCUT2D eigenvalue weighted by atomic mass is 79.9. The lowest BCUT2D eigenvalue weighted by molar-refractivity contribution is -0.122. The molecule has 0 fully saturated rings. The van der Waals surface area contributed by atoms with Crippen LogP contribution in [0.15, 0.2) is 0 Å². The van der Waals surface area contributed by atoms with E-state index < -0.39 is 0 Å². The first-order chi connectivity index (χ1) is 6.02. The predicted molar refractivity (Wildman–Crippen MR) is 60.2 cm³/mol. The van der Waals surface area contributed by atoms with Crippen molar-refractivity contribution in [2.24, 2.45) is 0 Å². The van der Waals surface area contributed by atoms with Crippen LogP contribution >= 0.6 is 15.9 Å². The van der Waals surface area contributed by atoms with Crippen molar-refractivity contribution in [2.75, 3.05) is 5.33 Å². The molecule has 0 unspecified atom stereocenters. The third-order valence-corrected chi connectivity index (χ3v) is 3.22. The average Bonchev–Trinajstić information content (AvgIpc) is 2.04. The Morgan fingerprint density at radius 2 is 2.00 bits per heavy atom. The van der Waals surface area contributed by atoms with Crippen molar-refractivity contribution in [1.82, 2.24) is 5.32 Å². The molecule has 2 nitrogen and oxygen atoms in total. The zero-order valence-electron chi connectivity index (χ0n) is 8.82. The molecule has 0 aliphatic rings. The van der Waals surface area contributed by atoms with Gasteiger partial charge in [-0.3, -0.25) is 4.79 Å². The second kappa shape index (κ2) is 6.41. The summed E-state index contributed by atoms with van der Waals surface area (Å²) in [6, 6.07) is 0. The van der Waals surface area contributed by atoms with E-state index in [1.54, 1.807) is 0 Å². The van der Waals surface area contributed by atoms with E-state index in [-0.39, 0.29) is 11.4 Å². The summed E-state index contributed by atoms with van der Waals surface area (Å²) in [5, 5.41) is 3.77. The molecule has 0 aromatic carbocycles. The van der Waals surface area contributed by atoms with E-state index in [2.05, 4.69) is 28.2 Å². The maximum Gasteiger partial charge on any atom is 0.220 e. The number of carbonyl (C=O) groups excluding carboxylic acids is 1. The summed E-state index contributed by atoms with van der Waals surface area (Å²) >= 11 is 3.37. The summed E-state index contributed by atoms with van der Waals surface area (Å²) in [7, 11) is 0. The van der Waals surface area contributed by atoms with Crippen LogP contribution in [-0.4, -0.2) is 16.8 Å². The Labute approximate surface area is 89.6 Å². The van der Waals surface area contributed by atoms with Gasteiger partial charge in [0, 0.05) is 17.3 Å². The largest absolute Gasteiger partial charge is 0.350 e. The average molecular weight is 250 g/mol. The fourth-order valence-electron chi connectivity index (χ4n) is 1.01. The summed E-state index contributed by atoms with van der Waals surface area (Å²) in [5.41, 5.74) is -0.122. The molecular weight excluding hydrogens is 230 g/mol. The highest BCUT2D eigenvalue weighted by Gasteiger charge is 2.17. The summed E-state index contributed by atoms with van der Waals surface area (Å²) < 4.78 is 0. The van der Waals surface area contributed by atoms with Gasteiger partial charge in [-0.25, -0.2) is 0 Å². The smallest absolute Gasteiger partial charge is 0.220 e. The molecule has 78 valence electrons. The van der Waals surface area contributed by atoms with Crippen molar-refractivity contribution in [1.29, 1.82) is 0 Å². The van der Waals surface area contributed by atoms with Gasteiger partial charge in [-0.2, -0.15) is 0 Å². The van der Waals surface area contributed by atoms with Crippen LogP contribution in [0.2, 0.25) is 0 Å². The van der Waals surface area contributed by atoms with Crippen LogP contribution in [0.1, 0.15) is 46.5 Å². The van der Waals surface area contributed by atoms with Crippen LogP contribution in [0.4, 0.5) is 0 Å². The first-order valence-corrected chi connectivity index (χ1v) is 6.01. The summed E-state index contributed by atoms with van der Waals surface area (Å²) in [6.45, 7) is 6.17. The van der Waals surface area contributed by atoms with Crippen molar-refractivity contribution in [3.63, 3.8) is 0 Å². The van der Waals surface area contributed by atoms with Crippen LogP contribution in [0.25, 0.3) is 0 Å². The van der Waals surface area contributed by atoms with Crippen LogP contribution in [0.3, 0.4) is 0 Å². The number of unbranched alkanes of at least 4 members (excludes halogenated alkanes) is 2. The minimum atomic E-state index is -0.122. The SMILES string of the molecule is CCCCCC(=O)NC(C)(C)CBr. The third-order valence-electron chi connectivity index (χ3n) is 1.82. The van der Waals surface area contributed by atoms with Gasteiger partial charge in [0.25, 0.3) is 0 Å². The van der Waals surface area contributed by atoms with Crippen molar-refractivity contribution in [3.8, 4) is 0 Å². The lowest BCUT2D eigenvalue weighted by Crippen LogP contribution is -2.44. The Kier molecular flexibility index (Phi) is 6.39. The Balaban J connectivity index is 3.62. The van der Waals surface area contributed by atoms with Gasteiger partial charge in [-0.05, 0) is 20.3 Å². The number of nitrogens with one attached hydrogen (secondary N) is 1. The van der Waals surface area contributed by atoms with E-state index in [4.69, 9.17) is 0 Å². The summed E-state index contributed by atoms with van der Waals surface area (Å²) in [6.07, 6.45) is 3.96. The Bertz CT molecular complexity index is 157. The molecule has 0 atom stereocenters. The van der Waals surface area contributed by atoms with Gasteiger partial charge in [0.2, 0.25) is 5.91 Å². The zero-order chi connectivity index (χ0) is 10.3. The number of carbonyl (C=O) groups is 1. The number of amides is 1. The highest BCUT2D eigenvalue weighted by molar-refractivity contribution is 9.09. The van der Waals surface area contributed by atoms with E-state index in [0.29, 0.717) is 6.42 Å². The van der Waals surface area contributed by atoms with Crippen LogP contribution < -0.4 is 5.32 Å². The van der Waals surface area contributed by atoms with Crippen molar-refractivity contribution < 1.29 is 4.79 Å². The topological polar surface area (TPSA) is 29.1 Å². The van der Waals surface area contributed by atoms with Gasteiger partial charge in [0.05, 0.1) is 0 Å². The first-order valence-electron chi connectivity index (χ1n) is 4.89. The molecule has 1 amide bonds. The molecule has 0 rings (SSSR count). The highest BCUT2D eigenvalue weighted by Crippen LogP contribution is 2.07. The van der Waals surface area contributed by atoms with Crippen molar-refractivity contribution in [3.05, 3.63) is 0 Å². The van der Waals surface area contributed by atoms with Gasteiger partial charge in [-0.1, -0.05) is 35.7 Å². The first kappa shape index (κ1) is 12.9. The molecule has 0 aromatic heterocycles. The number of hydrogen-bond acceptors (Lipinski definition) is 1. The Morgan fingerprint density at radius 1 is 1.38 bits per heavy atom. The molecule has 0 radical (unpaired) electrons. The number of halogens is 1. The minimum absolute atomic E-state index is 0.122. The maximum atomic E-state index is 11.4. The van der Waals surface area contributed by atoms with Gasteiger partial charge >= 0.3 is 0 Å². The second-order valence-electron chi connectivity index (χ2n) is 4.02. The van der Waals surface area contributed by atoms with Gasteiger partial charge < -0.3 is 5.32 Å². The number of rotatable bonds is 6.